The fraction of sp³-hybridized carbons (Fsp3) is 0.160. The van der Waals surface area contributed by atoms with Gasteiger partial charge >= 0.3 is 0 Å². The molecule has 0 unspecified atom stereocenters. The molecule has 4 aromatic rings. The van der Waals surface area contributed by atoms with Crippen LogP contribution in [-0.2, 0) is 11.8 Å². The van der Waals surface area contributed by atoms with E-state index in [0.717, 1.165) is 33.3 Å². The molecule has 0 saturated carbocycles. The van der Waals surface area contributed by atoms with Gasteiger partial charge in [0.15, 0.2) is 0 Å². The van der Waals surface area contributed by atoms with Crippen molar-refractivity contribution in [3.8, 4) is 11.3 Å². The predicted molar refractivity (Wildman–Crippen MR) is 129 cm³/mol. The summed E-state index contributed by atoms with van der Waals surface area (Å²) in [6.45, 7) is 5.34. The molecule has 0 fully saturated rings. The number of nitrogens with one attached hydrogen (secondary N) is 2. The molecule has 0 aliphatic carbocycles. The van der Waals surface area contributed by atoms with E-state index in [0.29, 0.717) is 22.6 Å². The lowest BCUT2D eigenvalue weighted by atomic mass is 10.0. The van der Waals surface area contributed by atoms with Gasteiger partial charge in [-0.25, -0.2) is 0 Å². The van der Waals surface area contributed by atoms with Gasteiger partial charge in [0.25, 0.3) is 5.91 Å². The van der Waals surface area contributed by atoms with Gasteiger partial charge in [-0.2, -0.15) is 5.10 Å². The van der Waals surface area contributed by atoms with Crippen LogP contribution in [0.15, 0.2) is 54.6 Å². The second-order valence-corrected chi connectivity index (χ2v) is 7.94. The lowest BCUT2D eigenvalue weighted by molar-refractivity contribution is -0.114. The van der Waals surface area contributed by atoms with E-state index in [-0.39, 0.29) is 11.8 Å². The highest BCUT2D eigenvalue weighted by atomic mass is 16.2. The quantitative estimate of drug-likeness (QED) is 0.413. The highest BCUT2D eigenvalue weighted by Gasteiger charge is 2.16. The normalized spacial score (nSPS) is 10.9. The van der Waals surface area contributed by atoms with Crippen molar-refractivity contribution < 1.29 is 9.59 Å². The third-order valence-electron chi connectivity index (χ3n) is 5.42. The molecule has 4 rings (SSSR count). The number of amides is 2. The molecule has 0 aliphatic rings. The number of aryl methyl sites for hydroxylation is 3. The summed E-state index contributed by atoms with van der Waals surface area (Å²) in [4.78, 5) is 24.4. The maximum atomic E-state index is 13.0. The molecule has 2 amide bonds. The molecule has 162 valence electrons. The van der Waals surface area contributed by atoms with Crippen LogP contribution in [0.1, 0.15) is 28.4 Å². The standard InChI is InChI=1S/C25H25N5O2/c1-14-5-8-19(13-22(14)27-16(3)31)28-25(32)17-6-10-23-21(12-17)24(29-30(23)4)20-9-7-18(26)11-15(20)2/h5-13H,26H2,1-4H3,(H,27,31)(H,28,32). The summed E-state index contributed by atoms with van der Waals surface area (Å²) in [7, 11) is 1.88. The summed E-state index contributed by atoms with van der Waals surface area (Å²) in [5, 5.41) is 11.3. The minimum Gasteiger partial charge on any atom is -0.399 e. The highest BCUT2D eigenvalue weighted by Crippen LogP contribution is 2.31. The fourth-order valence-electron chi connectivity index (χ4n) is 3.79. The molecule has 0 bridgehead atoms. The van der Waals surface area contributed by atoms with Crippen LogP contribution in [0.2, 0.25) is 0 Å². The van der Waals surface area contributed by atoms with Crippen LogP contribution >= 0.6 is 0 Å². The number of hydrogen-bond acceptors (Lipinski definition) is 4. The zero-order valence-corrected chi connectivity index (χ0v) is 18.5. The molecule has 0 radical (unpaired) electrons. The summed E-state index contributed by atoms with van der Waals surface area (Å²) in [6, 6.07) is 16.7. The average Bonchev–Trinajstić information content (AvgIpc) is 3.06. The van der Waals surface area contributed by atoms with Crippen molar-refractivity contribution in [3.63, 3.8) is 0 Å². The number of rotatable bonds is 4. The number of benzene rings is 3. The van der Waals surface area contributed by atoms with Crippen molar-refractivity contribution in [2.75, 3.05) is 16.4 Å². The van der Waals surface area contributed by atoms with Gasteiger partial charge in [-0.15, -0.1) is 0 Å². The predicted octanol–water partition coefficient (Wildman–Crippen LogP) is 4.65. The Kier molecular flexibility index (Phi) is 5.40. The number of nitrogens with two attached hydrogens (primary N) is 1. The van der Waals surface area contributed by atoms with Crippen molar-refractivity contribution in [2.45, 2.75) is 20.8 Å². The molecule has 7 nitrogen and oxygen atoms in total. The first-order valence-corrected chi connectivity index (χ1v) is 10.3. The van der Waals surface area contributed by atoms with Gasteiger partial charge in [0, 0.05) is 47.5 Å². The minimum atomic E-state index is -0.242. The monoisotopic (exact) mass is 427 g/mol. The lowest BCUT2D eigenvalue weighted by Crippen LogP contribution is -2.13. The smallest absolute Gasteiger partial charge is 0.255 e. The van der Waals surface area contributed by atoms with Gasteiger partial charge in [-0.05, 0) is 67.4 Å². The molecular formula is C25H25N5O2. The van der Waals surface area contributed by atoms with Crippen LogP contribution in [-0.4, -0.2) is 21.6 Å². The second-order valence-electron chi connectivity index (χ2n) is 7.94. The van der Waals surface area contributed by atoms with Gasteiger partial charge in [-0.1, -0.05) is 12.1 Å². The Labute approximate surface area is 186 Å². The van der Waals surface area contributed by atoms with Gasteiger partial charge in [0.2, 0.25) is 5.91 Å². The molecule has 0 atom stereocenters. The Morgan fingerprint density at radius 2 is 1.72 bits per heavy atom. The zero-order valence-electron chi connectivity index (χ0n) is 18.5. The summed E-state index contributed by atoms with van der Waals surface area (Å²) < 4.78 is 1.81. The van der Waals surface area contributed by atoms with Crippen LogP contribution in [0.25, 0.3) is 22.2 Å². The molecule has 0 saturated heterocycles. The molecular weight excluding hydrogens is 402 g/mol. The van der Waals surface area contributed by atoms with Crippen molar-refractivity contribution in [2.24, 2.45) is 7.05 Å². The summed E-state index contributed by atoms with van der Waals surface area (Å²) >= 11 is 0. The van der Waals surface area contributed by atoms with E-state index in [4.69, 9.17) is 5.73 Å². The number of anilines is 3. The van der Waals surface area contributed by atoms with Gasteiger partial charge in [-0.3, -0.25) is 14.3 Å². The second kappa shape index (κ2) is 8.19. The van der Waals surface area contributed by atoms with Crippen molar-refractivity contribution in [1.29, 1.82) is 0 Å². The molecule has 1 heterocycles. The van der Waals surface area contributed by atoms with Crippen molar-refractivity contribution in [1.82, 2.24) is 9.78 Å². The average molecular weight is 428 g/mol. The Hall–Kier alpha value is -4.13. The molecule has 3 aromatic carbocycles. The zero-order chi connectivity index (χ0) is 23.0. The maximum Gasteiger partial charge on any atom is 0.255 e. The van der Waals surface area contributed by atoms with Crippen LogP contribution < -0.4 is 16.4 Å². The first kappa shape index (κ1) is 21.1. The highest BCUT2D eigenvalue weighted by molar-refractivity contribution is 6.08. The fourth-order valence-corrected chi connectivity index (χ4v) is 3.79. The van der Waals surface area contributed by atoms with Crippen LogP contribution in [0.4, 0.5) is 17.1 Å². The number of nitrogen functional groups attached to an aromatic ring is 1. The number of hydrogen-bond donors (Lipinski definition) is 3. The maximum absolute atomic E-state index is 13.0. The summed E-state index contributed by atoms with van der Waals surface area (Å²) in [5.41, 5.74) is 13.0. The SMILES string of the molecule is CC(=O)Nc1cc(NC(=O)c2ccc3c(c2)c(-c2ccc(N)cc2C)nn3C)ccc1C. The minimum absolute atomic E-state index is 0.163. The van der Waals surface area contributed by atoms with Gasteiger partial charge in [0.1, 0.15) is 5.69 Å². The molecule has 0 spiro atoms. The molecule has 7 heteroatoms. The van der Waals surface area contributed by atoms with E-state index in [1.807, 2.05) is 68.0 Å². The molecule has 1 aromatic heterocycles. The number of nitrogens with zero attached hydrogens (tertiary/aromatic N) is 2. The van der Waals surface area contributed by atoms with E-state index in [1.54, 1.807) is 12.1 Å². The Morgan fingerprint density at radius 1 is 0.938 bits per heavy atom. The summed E-state index contributed by atoms with van der Waals surface area (Å²) in [5.74, 6) is -0.405. The number of carbonyl (C=O) groups is 2. The van der Waals surface area contributed by atoms with E-state index in [9.17, 15) is 9.59 Å². The lowest BCUT2D eigenvalue weighted by Gasteiger charge is -2.11. The molecule has 4 N–H and O–H groups in total. The van der Waals surface area contributed by atoms with Crippen LogP contribution in [0.3, 0.4) is 0 Å². The van der Waals surface area contributed by atoms with Gasteiger partial charge < -0.3 is 16.4 Å². The number of fused-ring (bicyclic) bond motifs is 1. The van der Waals surface area contributed by atoms with E-state index >= 15 is 0 Å². The van der Waals surface area contributed by atoms with Crippen LogP contribution in [0, 0.1) is 13.8 Å². The third kappa shape index (κ3) is 4.05. The van der Waals surface area contributed by atoms with E-state index in [1.165, 1.54) is 6.92 Å². The Balaban J connectivity index is 1.70. The topological polar surface area (TPSA) is 102 Å². The first-order valence-electron chi connectivity index (χ1n) is 10.3. The summed E-state index contributed by atoms with van der Waals surface area (Å²) in [6.07, 6.45) is 0. The van der Waals surface area contributed by atoms with E-state index < -0.39 is 0 Å². The van der Waals surface area contributed by atoms with Gasteiger partial charge in [0.05, 0.1) is 5.52 Å². The Bertz CT molecular complexity index is 1370. The van der Waals surface area contributed by atoms with E-state index in [2.05, 4.69) is 15.7 Å². The van der Waals surface area contributed by atoms with Crippen LogP contribution in [0.5, 0.6) is 0 Å². The number of aromatic nitrogens is 2. The largest absolute Gasteiger partial charge is 0.399 e. The first-order chi connectivity index (χ1) is 15.2. The number of carbonyl (C=O) groups excluding carboxylic acids is 2. The third-order valence-corrected chi connectivity index (χ3v) is 5.42. The van der Waals surface area contributed by atoms with Crippen molar-refractivity contribution >= 4 is 39.8 Å². The van der Waals surface area contributed by atoms with Crippen molar-refractivity contribution in [3.05, 3.63) is 71.3 Å². The molecule has 0 aliphatic heterocycles. The Morgan fingerprint density at radius 3 is 2.44 bits per heavy atom. The molecule has 32 heavy (non-hydrogen) atoms.